The van der Waals surface area contributed by atoms with Gasteiger partial charge in [-0.1, -0.05) is 13.3 Å². The lowest BCUT2D eigenvalue weighted by molar-refractivity contribution is -0.918. The highest BCUT2D eigenvalue weighted by molar-refractivity contribution is 5.86. The monoisotopic (exact) mass is 316 g/mol. The number of likely N-dealkylation sites (tertiary alicyclic amines) is 1. The molecule has 1 aliphatic heterocycles. The smallest absolute Gasteiger partial charge is 0.336 e. The molecule has 0 bridgehead atoms. The second-order valence-corrected chi connectivity index (χ2v) is 6.71. The normalized spacial score (nSPS) is 16.1. The van der Waals surface area contributed by atoms with Crippen LogP contribution in [-0.2, 0) is 13.0 Å². The summed E-state index contributed by atoms with van der Waals surface area (Å²) in [5.74, 6) is 0.285. The summed E-state index contributed by atoms with van der Waals surface area (Å²) < 4.78 is 5.38. The minimum absolute atomic E-state index is 0.285. The Labute approximate surface area is 136 Å². The number of aryl methyl sites for hydroxylation is 2. The lowest BCUT2D eigenvalue weighted by Crippen LogP contribution is -3.11. The summed E-state index contributed by atoms with van der Waals surface area (Å²) in [5, 5.41) is 11.5. The van der Waals surface area contributed by atoms with Gasteiger partial charge < -0.3 is 14.4 Å². The van der Waals surface area contributed by atoms with Crippen LogP contribution in [0, 0.1) is 6.92 Å². The zero-order valence-corrected chi connectivity index (χ0v) is 14.1. The van der Waals surface area contributed by atoms with Crippen molar-refractivity contribution in [3.05, 3.63) is 39.2 Å². The Morgan fingerprint density at radius 1 is 1.17 bits per heavy atom. The fraction of sp³-hybridized carbons (Fsp3) is 0.526. The predicted octanol–water partition coefficient (Wildman–Crippen LogP) is 2.33. The number of fused-ring (bicyclic) bond motifs is 1. The van der Waals surface area contributed by atoms with Crippen LogP contribution in [-0.4, -0.2) is 18.2 Å². The first-order valence-corrected chi connectivity index (χ1v) is 8.72. The SMILES string of the molecule is CCCc1cc(=O)oc2c(C)c(O)c(C[NH+]3CCCCC3)cc12. The molecular weight excluding hydrogens is 290 g/mol. The van der Waals surface area contributed by atoms with Crippen LogP contribution in [0.1, 0.15) is 49.3 Å². The van der Waals surface area contributed by atoms with Crippen molar-refractivity contribution in [1.82, 2.24) is 0 Å². The van der Waals surface area contributed by atoms with Gasteiger partial charge in [-0.2, -0.15) is 0 Å². The molecular formula is C19H26NO3+. The highest BCUT2D eigenvalue weighted by atomic mass is 16.4. The third kappa shape index (κ3) is 3.27. The molecule has 0 atom stereocenters. The van der Waals surface area contributed by atoms with Gasteiger partial charge in [0.25, 0.3) is 0 Å². The number of piperidine rings is 1. The molecule has 3 rings (SSSR count). The van der Waals surface area contributed by atoms with Crippen LogP contribution in [0.5, 0.6) is 5.75 Å². The molecule has 2 N–H and O–H groups in total. The van der Waals surface area contributed by atoms with Crippen LogP contribution in [0.3, 0.4) is 0 Å². The average molecular weight is 316 g/mol. The molecule has 4 heteroatoms. The van der Waals surface area contributed by atoms with Crippen molar-refractivity contribution in [2.75, 3.05) is 13.1 Å². The minimum atomic E-state index is -0.335. The molecule has 0 spiro atoms. The average Bonchev–Trinajstić information content (AvgIpc) is 2.55. The van der Waals surface area contributed by atoms with E-state index in [9.17, 15) is 9.90 Å². The summed E-state index contributed by atoms with van der Waals surface area (Å²) >= 11 is 0. The molecule has 0 aliphatic carbocycles. The number of rotatable bonds is 4. The van der Waals surface area contributed by atoms with Crippen LogP contribution in [0.15, 0.2) is 21.3 Å². The van der Waals surface area contributed by atoms with E-state index in [4.69, 9.17) is 4.42 Å². The maximum atomic E-state index is 11.8. The topological polar surface area (TPSA) is 54.9 Å². The Bertz CT molecular complexity index is 757. The van der Waals surface area contributed by atoms with Crippen molar-refractivity contribution < 1.29 is 14.4 Å². The van der Waals surface area contributed by atoms with Crippen molar-refractivity contribution in [2.24, 2.45) is 0 Å². The van der Waals surface area contributed by atoms with E-state index in [2.05, 4.69) is 6.92 Å². The fourth-order valence-electron chi connectivity index (χ4n) is 3.69. The van der Waals surface area contributed by atoms with Gasteiger partial charge >= 0.3 is 5.63 Å². The Balaban J connectivity index is 2.08. The fourth-order valence-corrected chi connectivity index (χ4v) is 3.69. The molecule has 1 fully saturated rings. The van der Waals surface area contributed by atoms with Gasteiger partial charge in [0.2, 0.25) is 0 Å². The van der Waals surface area contributed by atoms with Crippen LogP contribution in [0.25, 0.3) is 11.0 Å². The van der Waals surface area contributed by atoms with E-state index in [1.54, 1.807) is 6.07 Å². The largest absolute Gasteiger partial charge is 0.507 e. The third-order valence-electron chi connectivity index (χ3n) is 4.92. The molecule has 0 saturated carbocycles. The summed E-state index contributed by atoms with van der Waals surface area (Å²) in [6.45, 7) is 7.12. The van der Waals surface area contributed by atoms with Crippen LogP contribution >= 0.6 is 0 Å². The number of quaternary nitrogens is 1. The first-order chi connectivity index (χ1) is 11.1. The van der Waals surface area contributed by atoms with Crippen LogP contribution in [0.2, 0.25) is 0 Å². The first kappa shape index (κ1) is 16.1. The van der Waals surface area contributed by atoms with Gasteiger partial charge in [0.1, 0.15) is 17.9 Å². The summed E-state index contributed by atoms with van der Waals surface area (Å²) in [6.07, 6.45) is 5.67. The van der Waals surface area contributed by atoms with Gasteiger partial charge in [-0.3, -0.25) is 0 Å². The number of nitrogens with one attached hydrogen (secondary N) is 1. The number of hydrogen-bond acceptors (Lipinski definition) is 3. The van der Waals surface area contributed by atoms with Crippen LogP contribution < -0.4 is 10.5 Å². The Kier molecular flexibility index (Phi) is 4.71. The molecule has 0 unspecified atom stereocenters. The molecule has 4 nitrogen and oxygen atoms in total. The molecule has 23 heavy (non-hydrogen) atoms. The second kappa shape index (κ2) is 6.75. The number of phenols is 1. The molecule has 0 amide bonds. The van der Waals surface area contributed by atoms with E-state index < -0.39 is 0 Å². The van der Waals surface area contributed by atoms with E-state index in [0.717, 1.165) is 35.9 Å². The lowest BCUT2D eigenvalue weighted by atomic mass is 9.99. The van der Waals surface area contributed by atoms with Crippen LogP contribution in [0.4, 0.5) is 0 Å². The summed E-state index contributed by atoms with van der Waals surface area (Å²) in [6, 6.07) is 3.63. The van der Waals surface area contributed by atoms with Gasteiger partial charge in [0.05, 0.1) is 13.1 Å². The lowest BCUT2D eigenvalue weighted by Gasteiger charge is -2.24. The highest BCUT2D eigenvalue weighted by Gasteiger charge is 2.20. The van der Waals surface area contributed by atoms with Crippen molar-refractivity contribution in [3.63, 3.8) is 0 Å². The Morgan fingerprint density at radius 3 is 2.61 bits per heavy atom. The zero-order valence-electron chi connectivity index (χ0n) is 14.1. The number of aromatic hydroxyl groups is 1. The van der Waals surface area contributed by atoms with E-state index in [1.165, 1.54) is 37.3 Å². The predicted molar refractivity (Wildman–Crippen MR) is 91.1 cm³/mol. The van der Waals surface area contributed by atoms with Gasteiger partial charge in [-0.25, -0.2) is 4.79 Å². The molecule has 1 saturated heterocycles. The van der Waals surface area contributed by atoms with E-state index in [-0.39, 0.29) is 11.4 Å². The van der Waals surface area contributed by atoms with Gasteiger partial charge in [-0.05, 0) is 44.2 Å². The van der Waals surface area contributed by atoms with Gasteiger partial charge in [-0.15, -0.1) is 0 Å². The van der Waals surface area contributed by atoms with Gasteiger partial charge in [0, 0.05) is 22.6 Å². The van der Waals surface area contributed by atoms with Crippen molar-refractivity contribution >= 4 is 11.0 Å². The first-order valence-electron chi connectivity index (χ1n) is 8.72. The van der Waals surface area contributed by atoms with E-state index in [0.29, 0.717) is 11.1 Å². The molecule has 1 aliphatic rings. The van der Waals surface area contributed by atoms with E-state index in [1.807, 2.05) is 13.0 Å². The Hall–Kier alpha value is -1.81. The summed E-state index contributed by atoms with van der Waals surface area (Å²) in [5.41, 5.74) is 2.88. The van der Waals surface area contributed by atoms with Crippen molar-refractivity contribution in [3.8, 4) is 5.75 Å². The summed E-state index contributed by atoms with van der Waals surface area (Å²) in [7, 11) is 0. The number of hydrogen-bond donors (Lipinski definition) is 2. The van der Waals surface area contributed by atoms with Crippen molar-refractivity contribution in [1.29, 1.82) is 0 Å². The molecule has 0 radical (unpaired) electrons. The van der Waals surface area contributed by atoms with Gasteiger partial charge in [0.15, 0.2) is 0 Å². The minimum Gasteiger partial charge on any atom is -0.507 e. The zero-order chi connectivity index (χ0) is 16.4. The third-order valence-corrected chi connectivity index (χ3v) is 4.92. The molecule has 2 aromatic rings. The Morgan fingerprint density at radius 2 is 1.91 bits per heavy atom. The molecule has 1 aromatic carbocycles. The number of benzene rings is 1. The second-order valence-electron chi connectivity index (χ2n) is 6.71. The molecule has 1 aromatic heterocycles. The standard InChI is InChI=1S/C19H25NO3/c1-3-7-14-11-17(21)23-19-13(2)18(22)15(10-16(14)19)12-20-8-5-4-6-9-20/h10-11,22H,3-9,12H2,1-2H3/p+1. The maximum absolute atomic E-state index is 11.8. The van der Waals surface area contributed by atoms with E-state index >= 15 is 0 Å². The summed E-state index contributed by atoms with van der Waals surface area (Å²) in [4.78, 5) is 13.3. The van der Waals surface area contributed by atoms with Crippen molar-refractivity contribution in [2.45, 2.75) is 52.5 Å². The molecule has 2 heterocycles. The maximum Gasteiger partial charge on any atom is 0.336 e. The number of phenolic OH excluding ortho intramolecular Hbond substituents is 1. The molecule has 124 valence electrons. The highest BCUT2D eigenvalue weighted by Crippen LogP contribution is 2.31. The quantitative estimate of drug-likeness (QED) is 0.851.